The lowest BCUT2D eigenvalue weighted by atomic mass is 10.2. The van der Waals surface area contributed by atoms with Crippen molar-refractivity contribution in [2.45, 2.75) is 31.0 Å². The van der Waals surface area contributed by atoms with Crippen LogP contribution in [0.4, 0.5) is 5.95 Å². The highest BCUT2D eigenvalue weighted by molar-refractivity contribution is 8.00. The first-order valence-electron chi connectivity index (χ1n) is 5.47. The van der Waals surface area contributed by atoms with Gasteiger partial charge < -0.3 is 4.90 Å². The molecular formula is C11H16ClN3S. The van der Waals surface area contributed by atoms with Crippen molar-refractivity contribution >= 4 is 29.3 Å². The molecule has 88 valence electrons. The van der Waals surface area contributed by atoms with Gasteiger partial charge in [0, 0.05) is 41.5 Å². The monoisotopic (exact) mass is 257 g/mol. The van der Waals surface area contributed by atoms with E-state index < -0.39 is 0 Å². The number of hydrogen-bond acceptors (Lipinski definition) is 4. The number of thioether (sulfide) groups is 1. The zero-order valence-corrected chi connectivity index (χ0v) is 11.1. The summed E-state index contributed by atoms with van der Waals surface area (Å²) in [5.74, 6) is 2.45. The lowest BCUT2D eigenvalue weighted by molar-refractivity contribution is 0.611. The molecule has 2 unspecified atom stereocenters. The molecule has 0 saturated carbocycles. The van der Waals surface area contributed by atoms with Gasteiger partial charge in [0.2, 0.25) is 5.95 Å². The number of aromatic nitrogens is 2. The molecule has 0 spiro atoms. The van der Waals surface area contributed by atoms with Gasteiger partial charge in [-0.2, -0.15) is 11.8 Å². The maximum absolute atomic E-state index is 5.72. The van der Waals surface area contributed by atoms with E-state index in [9.17, 15) is 0 Å². The Balaban J connectivity index is 2.15. The molecular weight excluding hydrogens is 242 g/mol. The van der Waals surface area contributed by atoms with Gasteiger partial charge in [0.25, 0.3) is 0 Å². The minimum absolute atomic E-state index is 0.474. The van der Waals surface area contributed by atoms with Crippen LogP contribution in [0.3, 0.4) is 0 Å². The fourth-order valence-electron chi connectivity index (χ4n) is 1.78. The van der Waals surface area contributed by atoms with Crippen LogP contribution < -0.4 is 4.90 Å². The molecule has 0 N–H and O–H groups in total. The van der Waals surface area contributed by atoms with E-state index in [1.807, 2.05) is 24.2 Å². The van der Waals surface area contributed by atoms with Crippen molar-refractivity contribution < 1.29 is 0 Å². The SMILES string of the molecule is CC1SCCN(c2ncc(CCl)cn2)C1C. The molecule has 2 heterocycles. The van der Waals surface area contributed by atoms with Crippen LogP contribution in [0.1, 0.15) is 19.4 Å². The molecule has 16 heavy (non-hydrogen) atoms. The van der Waals surface area contributed by atoms with Crippen molar-refractivity contribution in [3.63, 3.8) is 0 Å². The molecule has 1 aliphatic rings. The molecule has 1 aromatic heterocycles. The number of anilines is 1. The van der Waals surface area contributed by atoms with Crippen molar-refractivity contribution in [3.8, 4) is 0 Å². The van der Waals surface area contributed by atoms with Crippen LogP contribution in [0.5, 0.6) is 0 Å². The van der Waals surface area contributed by atoms with E-state index in [1.54, 1.807) is 0 Å². The van der Waals surface area contributed by atoms with E-state index in [4.69, 9.17) is 11.6 Å². The summed E-state index contributed by atoms with van der Waals surface area (Å²) in [6, 6.07) is 0.487. The fourth-order valence-corrected chi connectivity index (χ4v) is 3.02. The number of halogens is 1. The highest BCUT2D eigenvalue weighted by atomic mass is 35.5. The van der Waals surface area contributed by atoms with Crippen LogP contribution in [0.25, 0.3) is 0 Å². The second-order valence-corrected chi connectivity index (χ2v) is 5.79. The Hall–Kier alpha value is -0.480. The second kappa shape index (κ2) is 5.23. The minimum Gasteiger partial charge on any atom is -0.336 e. The van der Waals surface area contributed by atoms with E-state index in [1.165, 1.54) is 0 Å². The van der Waals surface area contributed by atoms with Crippen molar-refractivity contribution in [2.75, 3.05) is 17.2 Å². The Morgan fingerprint density at radius 3 is 2.75 bits per heavy atom. The van der Waals surface area contributed by atoms with Crippen LogP contribution in [0.2, 0.25) is 0 Å². The lowest BCUT2D eigenvalue weighted by Gasteiger charge is -2.37. The first-order valence-corrected chi connectivity index (χ1v) is 7.06. The molecule has 0 bridgehead atoms. The smallest absolute Gasteiger partial charge is 0.225 e. The summed E-state index contributed by atoms with van der Waals surface area (Å²) < 4.78 is 0. The average Bonchev–Trinajstić information content (AvgIpc) is 2.33. The maximum atomic E-state index is 5.72. The second-order valence-electron chi connectivity index (χ2n) is 4.03. The summed E-state index contributed by atoms with van der Waals surface area (Å²) in [5.41, 5.74) is 0.970. The maximum Gasteiger partial charge on any atom is 0.225 e. The Labute approximate surface area is 106 Å². The summed E-state index contributed by atoms with van der Waals surface area (Å²) in [7, 11) is 0. The Morgan fingerprint density at radius 2 is 2.12 bits per heavy atom. The van der Waals surface area contributed by atoms with E-state index >= 15 is 0 Å². The Bertz CT molecular complexity index is 344. The molecule has 1 saturated heterocycles. The molecule has 2 atom stereocenters. The van der Waals surface area contributed by atoms with Gasteiger partial charge >= 0.3 is 0 Å². The quantitative estimate of drug-likeness (QED) is 0.762. The third kappa shape index (κ3) is 2.43. The highest BCUT2D eigenvalue weighted by Crippen LogP contribution is 2.26. The predicted octanol–water partition coefficient (Wildman–Crippen LogP) is 2.55. The number of hydrogen-bond donors (Lipinski definition) is 0. The zero-order valence-electron chi connectivity index (χ0n) is 9.56. The van der Waals surface area contributed by atoms with Gasteiger partial charge in [-0.15, -0.1) is 11.6 Å². The normalized spacial score (nSPS) is 25.8. The summed E-state index contributed by atoms with van der Waals surface area (Å²) in [6.45, 7) is 5.51. The van der Waals surface area contributed by atoms with Crippen molar-refractivity contribution in [3.05, 3.63) is 18.0 Å². The molecule has 1 aliphatic heterocycles. The van der Waals surface area contributed by atoms with E-state index in [0.29, 0.717) is 17.2 Å². The van der Waals surface area contributed by atoms with Gasteiger partial charge in [-0.1, -0.05) is 6.92 Å². The summed E-state index contributed by atoms with van der Waals surface area (Å²) in [6.07, 6.45) is 3.63. The third-order valence-corrected chi connectivity index (χ3v) is 4.63. The molecule has 1 fully saturated rings. The summed E-state index contributed by atoms with van der Waals surface area (Å²) in [5, 5.41) is 0.630. The van der Waals surface area contributed by atoms with Gasteiger partial charge in [-0.3, -0.25) is 0 Å². The third-order valence-electron chi connectivity index (χ3n) is 2.99. The average molecular weight is 258 g/mol. The first-order chi connectivity index (χ1) is 7.72. The summed E-state index contributed by atoms with van der Waals surface area (Å²) in [4.78, 5) is 11.0. The van der Waals surface area contributed by atoms with Gasteiger partial charge in [-0.05, 0) is 6.92 Å². The Kier molecular flexibility index (Phi) is 3.92. The first kappa shape index (κ1) is 12.0. The molecule has 5 heteroatoms. The van der Waals surface area contributed by atoms with Gasteiger partial charge in [0.15, 0.2) is 0 Å². The van der Waals surface area contributed by atoms with Gasteiger partial charge in [-0.25, -0.2) is 9.97 Å². The number of nitrogens with zero attached hydrogens (tertiary/aromatic N) is 3. The van der Waals surface area contributed by atoms with Crippen molar-refractivity contribution in [2.24, 2.45) is 0 Å². The van der Waals surface area contributed by atoms with Crippen LogP contribution in [0.15, 0.2) is 12.4 Å². The lowest BCUT2D eigenvalue weighted by Crippen LogP contribution is -2.45. The molecule has 0 radical (unpaired) electrons. The standard InChI is InChI=1S/C11H16ClN3S/c1-8-9(2)16-4-3-15(8)11-13-6-10(5-12)7-14-11/h6-9H,3-5H2,1-2H3. The van der Waals surface area contributed by atoms with Gasteiger partial charge in [0.1, 0.15) is 0 Å². The van der Waals surface area contributed by atoms with Crippen molar-refractivity contribution in [1.82, 2.24) is 9.97 Å². The summed E-state index contributed by atoms with van der Waals surface area (Å²) >= 11 is 7.73. The van der Waals surface area contributed by atoms with E-state index in [2.05, 4.69) is 28.7 Å². The van der Waals surface area contributed by atoms with Crippen LogP contribution in [-0.4, -0.2) is 33.6 Å². The van der Waals surface area contributed by atoms with Crippen LogP contribution in [0, 0.1) is 0 Å². The minimum atomic E-state index is 0.474. The molecule has 0 amide bonds. The van der Waals surface area contributed by atoms with Crippen LogP contribution in [-0.2, 0) is 5.88 Å². The fraction of sp³-hybridized carbons (Fsp3) is 0.636. The molecule has 3 nitrogen and oxygen atoms in total. The number of alkyl halides is 1. The predicted molar refractivity (Wildman–Crippen MR) is 70.3 cm³/mol. The van der Waals surface area contributed by atoms with E-state index in [0.717, 1.165) is 23.8 Å². The largest absolute Gasteiger partial charge is 0.336 e. The molecule has 2 rings (SSSR count). The van der Waals surface area contributed by atoms with Gasteiger partial charge in [0.05, 0.1) is 5.88 Å². The zero-order chi connectivity index (χ0) is 11.5. The molecule has 0 aromatic carbocycles. The topological polar surface area (TPSA) is 29.0 Å². The van der Waals surface area contributed by atoms with Crippen molar-refractivity contribution in [1.29, 1.82) is 0 Å². The number of rotatable bonds is 2. The van der Waals surface area contributed by atoms with Crippen LogP contribution >= 0.6 is 23.4 Å². The molecule has 1 aromatic rings. The Morgan fingerprint density at radius 1 is 1.44 bits per heavy atom. The van der Waals surface area contributed by atoms with E-state index in [-0.39, 0.29) is 0 Å². The molecule has 0 aliphatic carbocycles. The highest BCUT2D eigenvalue weighted by Gasteiger charge is 2.26.